The van der Waals surface area contributed by atoms with Crippen LogP contribution in [-0.2, 0) is 4.79 Å². The molecular formula is C12H23NO2. The fraction of sp³-hybridized carbons (Fsp3) is 0.750. The van der Waals surface area contributed by atoms with E-state index in [0.29, 0.717) is 17.9 Å². The minimum Gasteiger partial charge on any atom is -0.478 e. The number of carboxylic acids is 1. The van der Waals surface area contributed by atoms with Crippen LogP contribution in [0.4, 0.5) is 0 Å². The molecule has 0 heterocycles. The average Bonchev–Trinajstić information content (AvgIpc) is 2.15. The van der Waals surface area contributed by atoms with E-state index < -0.39 is 5.97 Å². The Morgan fingerprint density at radius 3 is 2.47 bits per heavy atom. The van der Waals surface area contributed by atoms with E-state index in [1.165, 1.54) is 0 Å². The van der Waals surface area contributed by atoms with Gasteiger partial charge in [-0.15, -0.1) is 0 Å². The molecule has 0 aromatic rings. The summed E-state index contributed by atoms with van der Waals surface area (Å²) in [6.45, 7) is 8.00. The van der Waals surface area contributed by atoms with E-state index in [4.69, 9.17) is 5.11 Å². The Morgan fingerprint density at radius 2 is 2.07 bits per heavy atom. The summed E-state index contributed by atoms with van der Waals surface area (Å²) < 4.78 is 0. The van der Waals surface area contributed by atoms with Crippen molar-refractivity contribution in [2.24, 2.45) is 5.92 Å². The third-order valence-electron chi connectivity index (χ3n) is 2.39. The van der Waals surface area contributed by atoms with E-state index in [1.807, 2.05) is 20.0 Å². The highest BCUT2D eigenvalue weighted by molar-refractivity contribution is 5.86. The van der Waals surface area contributed by atoms with Gasteiger partial charge in [-0.05, 0) is 32.4 Å². The fourth-order valence-electron chi connectivity index (χ4n) is 1.22. The summed E-state index contributed by atoms with van der Waals surface area (Å²) in [6, 6.07) is 0. The predicted molar refractivity (Wildman–Crippen MR) is 63.0 cm³/mol. The Kier molecular flexibility index (Phi) is 7.05. The highest BCUT2D eigenvalue weighted by Crippen LogP contribution is 2.03. The monoisotopic (exact) mass is 213 g/mol. The average molecular weight is 213 g/mol. The van der Waals surface area contributed by atoms with E-state index in [2.05, 4.69) is 18.7 Å². The number of hydrogen-bond donors (Lipinski definition) is 1. The molecule has 0 aromatic heterocycles. The first-order valence-corrected chi connectivity index (χ1v) is 5.58. The summed E-state index contributed by atoms with van der Waals surface area (Å²) in [5.41, 5.74) is 0.506. The molecule has 0 bridgehead atoms. The first-order chi connectivity index (χ1) is 6.97. The maximum Gasteiger partial charge on any atom is 0.331 e. The number of aliphatic carboxylic acids is 1. The van der Waals surface area contributed by atoms with E-state index in [1.54, 1.807) is 0 Å². The molecule has 0 saturated carbocycles. The van der Waals surface area contributed by atoms with Gasteiger partial charge in [0, 0.05) is 12.1 Å². The summed E-state index contributed by atoms with van der Waals surface area (Å²) in [6.07, 6.45) is 3.55. The van der Waals surface area contributed by atoms with Crippen LogP contribution in [0.25, 0.3) is 0 Å². The smallest absolute Gasteiger partial charge is 0.331 e. The van der Waals surface area contributed by atoms with Gasteiger partial charge >= 0.3 is 5.97 Å². The van der Waals surface area contributed by atoms with Gasteiger partial charge in [-0.2, -0.15) is 0 Å². The van der Waals surface area contributed by atoms with Crippen molar-refractivity contribution in [3.8, 4) is 0 Å². The minimum absolute atomic E-state index is 0.506. The summed E-state index contributed by atoms with van der Waals surface area (Å²) in [5, 5.41) is 8.82. The van der Waals surface area contributed by atoms with Gasteiger partial charge in [0.25, 0.3) is 0 Å². The molecule has 0 aromatic carbocycles. The van der Waals surface area contributed by atoms with Gasteiger partial charge in [0.1, 0.15) is 0 Å². The quantitative estimate of drug-likeness (QED) is 0.660. The molecule has 15 heavy (non-hydrogen) atoms. The summed E-state index contributed by atoms with van der Waals surface area (Å²) in [7, 11) is 2.02. The second-order valence-corrected chi connectivity index (χ2v) is 4.33. The maximum absolute atomic E-state index is 10.7. The lowest BCUT2D eigenvalue weighted by Crippen LogP contribution is -2.21. The van der Waals surface area contributed by atoms with Gasteiger partial charge in [-0.25, -0.2) is 4.79 Å². The van der Waals surface area contributed by atoms with Crippen molar-refractivity contribution in [1.29, 1.82) is 0 Å². The van der Waals surface area contributed by atoms with Gasteiger partial charge in [-0.1, -0.05) is 26.8 Å². The lowest BCUT2D eigenvalue weighted by molar-refractivity contribution is -0.132. The van der Waals surface area contributed by atoms with Crippen LogP contribution in [0.2, 0.25) is 0 Å². The molecule has 0 aliphatic rings. The summed E-state index contributed by atoms with van der Waals surface area (Å²) in [5.74, 6) is -0.101. The molecule has 3 nitrogen and oxygen atoms in total. The van der Waals surface area contributed by atoms with Gasteiger partial charge in [0.15, 0.2) is 0 Å². The van der Waals surface area contributed by atoms with Crippen molar-refractivity contribution < 1.29 is 9.90 Å². The largest absolute Gasteiger partial charge is 0.478 e. The molecule has 0 aliphatic carbocycles. The summed E-state index contributed by atoms with van der Waals surface area (Å²) in [4.78, 5) is 12.9. The molecule has 0 radical (unpaired) electrons. The standard InChI is InChI=1S/C12H23NO2/c1-5-11(12(14)15)7-9-13(4)8-6-10(2)3/h7,10H,5-6,8-9H2,1-4H3,(H,14,15). The van der Waals surface area contributed by atoms with Crippen molar-refractivity contribution >= 4 is 5.97 Å². The lowest BCUT2D eigenvalue weighted by Gasteiger charge is -2.15. The third kappa shape index (κ3) is 7.14. The Balaban J connectivity index is 3.95. The highest BCUT2D eigenvalue weighted by atomic mass is 16.4. The molecule has 0 atom stereocenters. The first kappa shape index (κ1) is 14.2. The van der Waals surface area contributed by atoms with E-state index >= 15 is 0 Å². The Morgan fingerprint density at radius 1 is 1.47 bits per heavy atom. The van der Waals surface area contributed by atoms with Crippen LogP contribution in [0.5, 0.6) is 0 Å². The molecule has 0 spiro atoms. The Hall–Kier alpha value is -0.830. The molecule has 0 aliphatic heterocycles. The van der Waals surface area contributed by atoms with Crippen molar-refractivity contribution in [2.75, 3.05) is 20.1 Å². The summed E-state index contributed by atoms with van der Waals surface area (Å²) >= 11 is 0. The highest BCUT2D eigenvalue weighted by Gasteiger charge is 2.04. The molecule has 0 amide bonds. The van der Waals surface area contributed by atoms with Crippen LogP contribution >= 0.6 is 0 Å². The molecule has 88 valence electrons. The zero-order valence-electron chi connectivity index (χ0n) is 10.3. The number of carboxylic acid groups (broad SMARTS) is 1. The molecule has 1 N–H and O–H groups in total. The molecule has 3 heteroatoms. The zero-order valence-corrected chi connectivity index (χ0v) is 10.3. The van der Waals surface area contributed by atoms with Crippen molar-refractivity contribution in [1.82, 2.24) is 4.90 Å². The number of rotatable bonds is 7. The van der Waals surface area contributed by atoms with Crippen LogP contribution in [0, 0.1) is 5.92 Å². The normalized spacial score (nSPS) is 12.5. The van der Waals surface area contributed by atoms with E-state index in [-0.39, 0.29) is 0 Å². The number of carbonyl (C=O) groups is 1. The third-order valence-corrected chi connectivity index (χ3v) is 2.39. The maximum atomic E-state index is 10.7. The zero-order chi connectivity index (χ0) is 11.8. The van der Waals surface area contributed by atoms with Crippen LogP contribution in [0.15, 0.2) is 11.6 Å². The fourth-order valence-corrected chi connectivity index (χ4v) is 1.22. The molecule has 0 rings (SSSR count). The van der Waals surface area contributed by atoms with Crippen molar-refractivity contribution in [2.45, 2.75) is 33.6 Å². The van der Waals surface area contributed by atoms with Crippen LogP contribution in [-0.4, -0.2) is 36.1 Å². The Bertz CT molecular complexity index is 222. The topological polar surface area (TPSA) is 40.5 Å². The molecular weight excluding hydrogens is 190 g/mol. The number of nitrogens with zero attached hydrogens (tertiary/aromatic N) is 1. The van der Waals surface area contributed by atoms with E-state index in [9.17, 15) is 4.79 Å². The Labute approximate surface area is 92.8 Å². The predicted octanol–water partition coefficient (Wildman–Crippen LogP) is 2.39. The van der Waals surface area contributed by atoms with Gasteiger partial charge in [0.2, 0.25) is 0 Å². The van der Waals surface area contributed by atoms with Crippen LogP contribution < -0.4 is 0 Å². The molecule has 0 fully saturated rings. The molecule has 0 saturated heterocycles. The van der Waals surface area contributed by atoms with Crippen LogP contribution in [0.3, 0.4) is 0 Å². The lowest BCUT2D eigenvalue weighted by atomic mass is 10.1. The SMILES string of the molecule is CCC(=CCN(C)CCC(C)C)C(=O)O. The number of hydrogen-bond acceptors (Lipinski definition) is 2. The minimum atomic E-state index is -0.797. The number of likely N-dealkylation sites (N-methyl/N-ethyl adjacent to an activating group) is 1. The van der Waals surface area contributed by atoms with Gasteiger partial charge in [0.05, 0.1) is 0 Å². The van der Waals surface area contributed by atoms with Gasteiger partial charge in [-0.3, -0.25) is 0 Å². The van der Waals surface area contributed by atoms with Crippen LogP contribution in [0.1, 0.15) is 33.6 Å². The first-order valence-electron chi connectivity index (χ1n) is 5.58. The van der Waals surface area contributed by atoms with E-state index in [0.717, 1.165) is 19.5 Å². The van der Waals surface area contributed by atoms with Gasteiger partial charge < -0.3 is 10.0 Å². The second-order valence-electron chi connectivity index (χ2n) is 4.33. The molecule has 0 unspecified atom stereocenters. The second kappa shape index (κ2) is 7.46. The van der Waals surface area contributed by atoms with Crippen molar-refractivity contribution in [3.05, 3.63) is 11.6 Å². The van der Waals surface area contributed by atoms with Crippen molar-refractivity contribution in [3.63, 3.8) is 0 Å².